The predicted molar refractivity (Wildman–Crippen MR) is 107 cm³/mol. The molecule has 7 aliphatic rings. The summed E-state index contributed by atoms with van der Waals surface area (Å²) in [5.74, 6) is 3.93. The molecule has 2 heterocycles. The van der Waals surface area contributed by atoms with E-state index in [1.165, 1.54) is 32.1 Å². The van der Waals surface area contributed by atoms with E-state index in [0.717, 1.165) is 62.1 Å². The summed E-state index contributed by atoms with van der Waals surface area (Å²) in [6.07, 6.45) is 10.1. The highest BCUT2D eigenvalue weighted by Gasteiger charge is 2.64. The van der Waals surface area contributed by atoms with Gasteiger partial charge in [0.2, 0.25) is 17.5 Å². The van der Waals surface area contributed by atoms with Crippen molar-refractivity contribution in [2.75, 3.05) is 24.6 Å². The number of carbonyl (C=O) groups excluding carboxylic acids is 1. The molecule has 0 radical (unpaired) electrons. The summed E-state index contributed by atoms with van der Waals surface area (Å²) in [6, 6.07) is 0. The van der Waals surface area contributed by atoms with E-state index in [4.69, 9.17) is 19.6 Å². The van der Waals surface area contributed by atoms with Crippen molar-refractivity contribution >= 4 is 17.7 Å². The molecule has 0 unspecified atom stereocenters. The topological polar surface area (TPSA) is 57.2 Å². The van der Waals surface area contributed by atoms with E-state index >= 15 is 0 Å². The SMILES string of the molecule is O=C(CC1CCC2(CC1)OOC1(OO2)C2CC3CC(C2)CC1C3)N1CCSCC1. The van der Waals surface area contributed by atoms with Crippen LogP contribution in [0.15, 0.2) is 0 Å². The summed E-state index contributed by atoms with van der Waals surface area (Å²) in [7, 11) is 0. The van der Waals surface area contributed by atoms with Crippen LogP contribution in [0.25, 0.3) is 0 Å². The largest absolute Gasteiger partial charge is 0.341 e. The third kappa shape index (κ3) is 3.36. The number of hydrogen-bond acceptors (Lipinski definition) is 6. The lowest BCUT2D eigenvalue weighted by Gasteiger charge is -2.60. The molecule has 2 spiro atoms. The van der Waals surface area contributed by atoms with Gasteiger partial charge in [0.15, 0.2) is 0 Å². The molecule has 4 bridgehead atoms. The lowest BCUT2D eigenvalue weighted by molar-refractivity contribution is -0.680. The van der Waals surface area contributed by atoms with Crippen molar-refractivity contribution in [3.05, 3.63) is 0 Å². The fourth-order valence-corrected chi connectivity index (χ4v) is 8.00. The molecule has 7 fully saturated rings. The number of carbonyl (C=O) groups is 1. The first kappa shape index (κ1) is 19.4. The van der Waals surface area contributed by atoms with Crippen molar-refractivity contribution in [2.45, 2.75) is 75.8 Å². The van der Waals surface area contributed by atoms with Crippen LogP contribution in [0.3, 0.4) is 0 Å². The lowest BCUT2D eigenvalue weighted by Crippen LogP contribution is -2.64. The highest BCUT2D eigenvalue weighted by atomic mass is 32.2. The average Bonchev–Trinajstić information content (AvgIpc) is 2.75. The zero-order chi connectivity index (χ0) is 19.5. The van der Waals surface area contributed by atoms with Crippen LogP contribution in [0, 0.1) is 29.6 Å². The Morgan fingerprint density at radius 3 is 2.03 bits per heavy atom. The van der Waals surface area contributed by atoms with Crippen molar-refractivity contribution in [1.82, 2.24) is 4.90 Å². The summed E-state index contributed by atoms with van der Waals surface area (Å²) >= 11 is 1.94. The Bertz CT molecular complexity index is 603. The summed E-state index contributed by atoms with van der Waals surface area (Å²) in [6.45, 7) is 1.81. The second-order valence-electron chi connectivity index (χ2n) is 10.4. The van der Waals surface area contributed by atoms with Crippen molar-refractivity contribution < 1.29 is 24.3 Å². The standard InChI is InChI=1S/C22H33NO5S/c24-20(23-5-7-29-8-6-23)14-15-1-3-21(4-2-15)25-27-22(28-26-21)18-10-16-9-17(12-18)13-19(22)11-16/h15-19H,1-14H2. The predicted octanol–water partition coefficient (Wildman–Crippen LogP) is 3.90. The van der Waals surface area contributed by atoms with Crippen molar-refractivity contribution in [2.24, 2.45) is 29.6 Å². The van der Waals surface area contributed by atoms with Crippen LogP contribution < -0.4 is 0 Å². The summed E-state index contributed by atoms with van der Waals surface area (Å²) < 4.78 is 0. The molecular weight excluding hydrogens is 390 g/mol. The Balaban J connectivity index is 1.03. The van der Waals surface area contributed by atoms with Gasteiger partial charge in [0, 0.05) is 55.7 Å². The summed E-state index contributed by atoms with van der Waals surface area (Å²) in [5.41, 5.74) is 0. The van der Waals surface area contributed by atoms with E-state index in [1.54, 1.807) is 0 Å². The molecule has 162 valence electrons. The quantitative estimate of drug-likeness (QED) is 0.628. The highest BCUT2D eigenvalue weighted by Crippen LogP contribution is 2.61. The lowest BCUT2D eigenvalue weighted by atomic mass is 9.53. The van der Waals surface area contributed by atoms with Gasteiger partial charge in [-0.2, -0.15) is 31.3 Å². The van der Waals surface area contributed by atoms with Gasteiger partial charge < -0.3 is 4.90 Å². The van der Waals surface area contributed by atoms with Gasteiger partial charge in [-0.15, -0.1) is 0 Å². The van der Waals surface area contributed by atoms with Crippen molar-refractivity contribution in [3.8, 4) is 0 Å². The van der Waals surface area contributed by atoms with Crippen LogP contribution >= 0.6 is 11.8 Å². The van der Waals surface area contributed by atoms with Crippen LogP contribution in [0.4, 0.5) is 0 Å². The Morgan fingerprint density at radius 2 is 1.45 bits per heavy atom. The normalized spacial score (nSPS) is 49.1. The Morgan fingerprint density at radius 1 is 0.862 bits per heavy atom. The van der Waals surface area contributed by atoms with Gasteiger partial charge in [0.05, 0.1) is 0 Å². The molecule has 5 saturated carbocycles. The number of thioether (sulfide) groups is 1. The van der Waals surface area contributed by atoms with Crippen LogP contribution in [-0.4, -0.2) is 47.0 Å². The zero-order valence-electron chi connectivity index (χ0n) is 17.2. The van der Waals surface area contributed by atoms with Crippen molar-refractivity contribution in [1.29, 1.82) is 0 Å². The first-order valence-corrected chi connectivity index (χ1v) is 12.9. The van der Waals surface area contributed by atoms with Gasteiger partial charge in [0.1, 0.15) is 0 Å². The molecule has 0 aromatic heterocycles. The van der Waals surface area contributed by atoms with Crippen LogP contribution in [0.5, 0.6) is 0 Å². The van der Waals surface area contributed by atoms with E-state index in [9.17, 15) is 4.79 Å². The molecule has 7 heteroatoms. The minimum absolute atomic E-state index is 0.316. The van der Waals surface area contributed by atoms with E-state index in [0.29, 0.717) is 30.1 Å². The van der Waals surface area contributed by atoms with Crippen LogP contribution in [0.1, 0.15) is 64.2 Å². The zero-order valence-corrected chi connectivity index (χ0v) is 18.0. The molecule has 1 amide bonds. The third-order valence-corrected chi connectivity index (χ3v) is 9.56. The van der Waals surface area contributed by atoms with Gasteiger partial charge in [0.25, 0.3) is 0 Å². The number of nitrogens with zero attached hydrogens (tertiary/aromatic N) is 1. The summed E-state index contributed by atoms with van der Waals surface area (Å²) in [4.78, 5) is 38.9. The fourth-order valence-electron chi connectivity index (χ4n) is 7.10. The van der Waals surface area contributed by atoms with E-state index < -0.39 is 11.6 Å². The Labute approximate surface area is 177 Å². The maximum absolute atomic E-state index is 12.6. The second-order valence-corrected chi connectivity index (χ2v) is 11.6. The maximum Gasteiger partial charge on any atom is 0.239 e. The molecule has 0 N–H and O–H groups in total. The Hall–Kier alpha value is -0.340. The molecule has 0 aromatic carbocycles. The van der Waals surface area contributed by atoms with Crippen LogP contribution in [0.2, 0.25) is 0 Å². The minimum atomic E-state index is -0.777. The summed E-state index contributed by atoms with van der Waals surface area (Å²) in [5, 5.41) is 0. The second kappa shape index (κ2) is 7.37. The van der Waals surface area contributed by atoms with E-state index in [2.05, 4.69) is 0 Å². The maximum atomic E-state index is 12.6. The molecule has 0 atom stereocenters. The number of amides is 1. The molecule has 0 aromatic rings. The van der Waals surface area contributed by atoms with Gasteiger partial charge >= 0.3 is 0 Å². The minimum Gasteiger partial charge on any atom is -0.341 e. The fraction of sp³-hybridized carbons (Fsp3) is 0.955. The number of hydrogen-bond donors (Lipinski definition) is 0. The average molecular weight is 424 g/mol. The van der Waals surface area contributed by atoms with Crippen LogP contribution in [-0.2, 0) is 24.3 Å². The van der Waals surface area contributed by atoms with Gasteiger partial charge in [-0.1, -0.05) is 0 Å². The molecule has 2 aliphatic heterocycles. The van der Waals surface area contributed by atoms with E-state index in [-0.39, 0.29) is 0 Å². The van der Waals surface area contributed by atoms with E-state index in [1.807, 2.05) is 16.7 Å². The third-order valence-electron chi connectivity index (χ3n) is 8.62. The number of rotatable bonds is 2. The molecule has 5 aliphatic carbocycles. The Kier molecular flexibility index (Phi) is 4.92. The molecular formula is C22H33NO5S. The van der Waals surface area contributed by atoms with Crippen molar-refractivity contribution in [3.63, 3.8) is 0 Å². The first-order chi connectivity index (χ1) is 14.1. The monoisotopic (exact) mass is 423 g/mol. The molecule has 29 heavy (non-hydrogen) atoms. The smallest absolute Gasteiger partial charge is 0.239 e. The molecule has 6 nitrogen and oxygen atoms in total. The van der Waals surface area contributed by atoms with Gasteiger partial charge in [-0.3, -0.25) is 4.79 Å². The molecule has 7 rings (SSSR count). The van der Waals surface area contributed by atoms with Gasteiger partial charge in [-0.05, 0) is 62.7 Å². The first-order valence-electron chi connectivity index (χ1n) is 11.7. The molecule has 2 saturated heterocycles. The van der Waals surface area contributed by atoms with Gasteiger partial charge in [-0.25, -0.2) is 0 Å². The highest BCUT2D eigenvalue weighted by molar-refractivity contribution is 7.99.